The molecule has 0 bridgehead atoms. The lowest BCUT2D eigenvalue weighted by molar-refractivity contribution is 0.670. The fourth-order valence-corrected chi connectivity index (χ4v) is 2.93. The molecule has 0 atom stereocenters. The van der Waals surface area contributed by atoms with Gasteiger partial charge in [-0.2, -0.15) is 0 Å². The van der Waals surface area contributed by atoms with Gasteiger partial charge in [0.25, 0.3) is 0 Å². The van der Waals surface area contributed by atoms with Gasteiger partial charge in [-0.3, -0.25) is 0 Å². The largest absolute Gasteiger partial charge is 0.455 e. The highest BCUT2D eigenvalue weighted by molar-refractivity contribution is 6.09. The van der Waals surface area contributed by atoms with E-state index >= 15 is 0 Å². The maximum absolute atomic E-state index is 6.12. The summed E-state index contributed by atoms with van der Waals surface area (Å²) in [5.74, 6) is 0. The molecule has 0 unspecified atom stereocenters. The number of fused-ring (bicyclic) bond motifs is 3. The van der Waals surface area contributed by atoms with E-state index in [1.165, 1.54) is 0 Å². The molecule has 3 aromatic carbocycles. The van der Waals surface area contributed by atoms with Crippen molar-refractivity contribution in [2.75, 3.05) is 0 Å². The van der Waals surface area contributed by atoms with Gasteiger partial charge in [-0.05, 0) is 30.2 Å². The van der Waals surface area contributed by atoms with E-state index in [2.05, 4.69) is 55.1 Å². The Balaban J connectivity index is 2.03. The molecule has 0 aliphatic carbocycles. The number of para-hydroxylation sites is 2. The fraction of sp³-hybridized carbons (Fsp3) is 0.0476. The van der Waals surface area contributed by atoms with Crippen molar-refractivity contribution in [2.24, 2.45) is 0 Å². The smallest absolute Gasteiger partial charge is 0.143 e. The Morgan fingerprint density at radius 1 is 0.864 bits per heavy atom. The first-order valence-electron chi connectivity index (χ1n) is 7.40. The van der Waals surface area contributed by atoms with Crippen LogP contribution >= 0.6 is 0 Å². The molecule has 1 aromatic heterocycles. The molecule has 0 amide bonds. The monoisotopic (exact) mass is 284 g/mol. The molecule has 1 nitrogen and oxygen atoms in total. The van der Waals surface area contributed by atoms with Crippen molar-refractivity contribution in [3.05, 3.63) is 78.9 Å². The van der Waals surface area contributed by atoms with E-state index in [4.69, 9.17) is 4.42 Å². The highest BCUT2D eigenvalue weighted by Crippen LogP contribution is 2.36. The minimum absolute atomic E-state index is 0.931. The van der Waals surface area contributed by atoms with Crippen molar-refractivity contribution < 1.29 is 4.42 Å². The number of hydrogen-bond acceptors (Lipinski definition) is 1. The van der Waals surface area contributed by atoms with Crippen LogP contribution in [0, 0.1) is 0 Å². The fourth-order valence-electron chi connectivity index (χ4n) is 2.93. The van der Waals surface area contributed by atoms with Gasteiger partial charge in [0.2, 0.25) is 0 Å². The molecule has 4 aromatic rings. The van der Waals surface area contributed by atoms with Crippen molar-refractivity contribution in [2.45, 2.75) is 6.92 Å². The average molecular weight is 284 g/mol. The quantitative estimate of drug-likeness (QED) is 0.422. The van der Waals surface area contributed by atoms with Crippen LogP contribution in [0.25, 0.3) is 38.6 Å². The van der Waals surface area contributed by atoms with Gasteiger partial charge >= 0.3 is 0 Å². The molecule has 0 saturated heterocycles. The Bertz CT molecular complexity index is 1000. The standard InChI is InChI=1S/C21H16O/c1-14(2)15-7-5-8-16(13-15)17-10-6-11-19-18-9-3-4-12-20(18)22-21(17)19/h3-13H,1H2,2H3. The van der Waals surface area contributed by atoms with Crippen LogP contribution in [-0.4, -0.2) is 0 Å². The molecule has 0 aliphatic heterocycles. The molecule has 0 N–H and O–H groups in total. The molecule has 0 radical (unpaired) electrons. The van der Waals surface area contributed by atoms with Crippen molar-refractivity contribution in [3.63, 3.8) is 0 Å². The zero-order chi connectivity index (χ0) is 15.1. The van der Waals surface area contributed by atoms with Gasteiger partial charge in [0.05, 0.1) is 0 Å². The summed E-state index contributed by atoms with van der Waals surface area (Å²) in [5, 5.41) is 2.32. The van der Waals surface area contributed by atoms with Crippen LogP contribution in [0.15, 0.2) is 77.7 Å². The Morgan fingerprint density at radius 3 is 2.50 bits per heavy atom. The minimum Gasteiger partial charge on any atom is -0.455 e. The van der Waals surface area contributed by atoms with Gasteiger partial charge in [0, 0.05) is 16.3 Å². The van der Waals surface area contributed by atoms with Gasteiger partial charge in [-0.15, -0.1) is 0 Å². The van der Waals surface area contributed by atoms with E-state index in [9.17, 15) is 0 Å². The molecule has 0 saturated carbocycles. The van der Waals surface area contributed by atoms with Crippen LogP contribution in [0.2, 0.25) is 0 Å². The van der Waals surface area contributed by atoms with E-state index in [1.807, 2.05) is 25.1 Å². The number of allylic oxidation sites excluding steroid dienone is 1. The van der Waals surface area contributed by atoms with E-state index in [0.29, 0.717) is 0 Å². The van der Waals surface area contributed by atoms with E-state index in [0.717, 1.165) is 44.2 Å². The molecular weight excluding hydrogens is 268 g/mol. The summed E-state index contributed by atoms with van der Waals surface area (Å²) in [6.45, 7) is 6.06. The Morgan fingerprint density at radius 2 is 1.64 bits per heavy atom. The van der Waals surface area contributed by atoms with Gasteiger partial charge in [-0.1, -0.05) is 66.7 Å². The van der Waals surface area contributed by atoms with Crippen LogP contribution in [0.4, 0.5) is 0 Å². The van der Waals surface area contributed by atoms with Crippen LogP contribution in [0.3, 0.4) is 0 Å². The van der Waals surface area contributed by atoms with Gasteiger partial charge in [-0.25, -0.2) is 0 Å². The van der Waals surface area contributed by atoms with Gasteiger partial charge < -0.3 is 4.42 Å². The number of hydrogen-bond donors (Lipinski definition) is 0. The van der Waals surface area contributed by atoms with Crippen LogP contribution in [0.1, 0.15) is 12.5 Å². The lowest BCUT2D eigenvalue weighted by atomic mass is 9.99. The normalized spacial score (nSPS) is 11.1. The molecule has 1 heteroatoms. The summed E-state index contributed by atoms with van der Waals surface area (Å²) in [5.41, 5.74) is 6.38. The van der Waals surface area contributed by atoms with Gasteiger partial charge in [0.1, 0.15) is 11.2 Å². The zero-order valence-corrected chi connectivity index (χ0v) is 12.5. The van der Waals surface area contributed by atoms with E-state index in [1.54, 1.807) is 0 Å². The molecule has 1 heterocycles. The van der Waals surface area contributed by atoms with E-state index < -0.39 is 0 Å². The summed E-state index contributed by atoms with van der Waals surface area (Å²) in [6, 6.07) is 22.9. The molecule has 106 valence electrons. The molecular formula is C21H16O. The van der Waals surface area contributed by atoms with Crippen molar-refractivity contribution in [3.8, 4) is 11.1 Å². The summed E-state index contributed by atoms with van der Waals surface area (Å²) < 4.78 is 6.12. The maximum atomic E-state index is 6.12. The predicted octanol–water partition coefficient (Wildman–Crippen LogP) is 6.29. The third-order valence-corrected chi connectivity index (χ3v) is 4.07. The minimum atomic E-state index is 0.931. The maximum Gasteiger partial charge on any atom is 0.143 e. The predicted molar refractivity (Wildman–Crippen MR) is 93.9 cm³/mol. The van der Waals surface area contributed by atoms with Crippen molar-refractivity contribution >= 4 is 27.5 Å². The first kappa shape index (κ1) is 12.9. The average Bonchev–Trinajstić information content (AvgIpc) is 2.93. The van der Waals surface area contributed by atoms with Crippen LogP contribution < -0.4 is 0 Å². The first-order chi connectivity index (χ1) is 10.7. The molecule has 0 fully saturated rings. The Kier molecular flexibility index (Phi) is 2.87. The third-order valence-electron chi connectivity index (χ3n) is 4.07. The SMILES string of the molecule is C=C(C)c1cccc(-c2cccc3c2oc2ccccc23)c1. The second-order valence-electron chi connectivity index (χ2n) is 5.64. The summed E-state index contributed by atoms with van der Waals surface area (Å²) in [6.07, 6.45) is 0. The molecule has 22 heavy (non-hydrogen) atoms. The summed E-state index contributed by atoms with van der Waals surface area (Å²) >= 11 is 0. The van der Waals surface area contributed by atoms with E-state index in [-0.39, 0.29) is 0 Å². The van der Waals surface area contributed by atoms with Crippen molar-refractivity contribution in [1.29, 1.82) is 0 Å². The lowest BCUT2D eigenvalue weighted by Crippen LogP contribution is -1.82. The van der Waals surface area contributed by atoms with Crippen LogP contribution in [0.5, 0.6) is 0 Å². The third kappa shape index (κ3) is 1.94. The second kappa shape index (κ2) is 4.88. The zero-order valence-electron chi connectivity index (χ0n) is 12.5. The Hall–Kier alpha value is -2.80. The summed E-state index contributed by atoms with van der Waals surface area (Å²) in [7, 11) is 0. The van der Waals surface area contributed by atoms with Gasteiger partial charge in [0.15, 0.2) is 0 Å². The van der Waals surface area contributed by atoms with Crippen LogP contribution in [-0.2, 0) is 0 Å². The molecule has 0 aliphatic rings. The number of benzene rings is 3. The first-order valence-corrected chi connectivity index (χ1v) is 7.40. The molecule has 4 rings (SSSR count). The highest BCUT2D eigenvalue weighted by atomic mass is 16.3. The van der Waals surface area contributed by atoms with Crippen molar-refractivity contribution in [1.82, 2.24) is 0 Å². The lowest BCUT2D eigenvalue weighted by Gasteiger charge is -2.06. The highest BCUT2D eigenvalue weighted by Gasteiger charge is 2.11. The molecule has 0 spiro atoms. The summed E-state index contributed by atoms with van der Waals surface area (Å²) in [4.78, 5) is 0. The number of rotatable bonds is 2. The second-order valence-corrected chi connectivity index (χ2v) is 5.64. The number of furan rings is 1. The Labute approximate surface area is 129 Å². The topological polar surface area (TPSA) is 13.1 Å².